The fourth-order valence-corrected chi connectivity index (χ4v) is 4.91. The normalized spacial score (nSPS) is 20.6. The Labute approximate surface area is 209 Å². The highest BCUT2D eigenvalue weighted by molar-refractivity contribution is 6.01. The van der Waals surface area contributed by atoms with Crippen molar-refractivity contribution in [3.05, 3.63) is 42.4 Å². The molecule has 2 fully saturated rings. The van der Waals surface area contributed by atoms with Crippen LogP contribution in [0.3, 0.4) is 0 Å². The Morgan fingerprint density at radius 1 is 1.03 bits per heavy atom. The first-order valence-electron chi connectivity index (χ1n) is 12.4. The lowest BCUT2D eigenvalue weighted by Crippen LogP contribution is -2.59. The lowest BCUT2D eigenvalue weighted by molar-refractivity contribution is 0.0130. The van der Waals surface area contributed by atoms with Crippen LogP contribution in [0.2, 0.25) is 0 Å². The van der Waals surface area contributed by atoms with Crippen molar-refractivity contribution in [3.8, 4) is 5.69 Å². The molecule has 2 aliphatic rings. The Balaban J connectivity index is 1.56. The second-order valence-electron chi connectivity index (χ2n) is 10.7. The monoisotopic (exact) mass is 498 g/mol. The molecule has 0 bridgehead atoms. The van der Waals surface area contributed by atoms with Crippen LogP contribution in [0.15, 0.2) is 30.7 Å². The molecular formula is C26H32F2N6O2. The number of rotatable bonds is 3. The molecule has 0 unspecified atom stereocenters. The van der Waals surface area contributed by atoms with E-state index >= 15 is 0 Å². The summed E-state index contributed by atoms with van der Waals surface area (Å²) in [5.41, 5.74) is 1.32. The number of anilines is 2. The van der Waals surface area contributed by atoms with Crippen LogP contribution < -0.4 is 9.80 Å². The Morgan fingerprint density at radius 3 is 2.33 bits per heavy atom. The van der Waals surface area contributed by atoms with Crippen molar-refractivity contribution in [1.82, 2.24) is 19.4 Å². The molecule has 0 saturated carbocycles. The molecule has 5 rings (SSSR count). The van der Waals surface area contributed by atoms with Gasteiger partial charge in [-0.1, -0.05) is 0 Å². The van der Waals surface area contributed by atoms with Gasteiger partial charge in [0.25, 0.3) is 0 Å². The van der Waals surface area contributed by atoms with Crippen LogP contribution in [0, 0.1) is 11.6 Å². The number of aromatic nitrogens is 3. The number of fused-ring (bicyclic) bond motifs is 1. The molecule has 0 spiro atoms. The van der Waals surface area contributed by atoms with Crippen molar-refractivity contribution < 1.29 is 18.3 Å². The second kappa shape index (κ2) is 8.90. The third kappa shape index (κ3) is 4.44. The van der Waals surface area contributed by atoms with Crippen LogP contribution in [-0.4, -0.2) is 69.4 Å². The van der Waals surface area contributed by atoms with Gasteiger partial charge in [0.1, 0.15) is 29.4 Å². The summed E-state index contributed by atoms with van der Waals surface area (Å²) >= 11 is 0. The maximum absolute atomic E-state index is 14.1. The van der Waals surface area contributed by atoms with Crippen LogP contribution in [0.4, 0.5) is 25.1 Å². The summed E-state index contributed by atoms with van der Waals surface area (Å²) < 4.78 is 35.5. The average Bonchev–Trinajstić information content (AvgIpc) is 3.11. The van der Waals surface area contributed by atoms with E-state index in [9.17, 15) is 13.6 Å². The molecule has 1 amide bonds. The SMILES string of the molecule is C[C@@H]1CN(c2ncnc3c2c(N2CCC2)cn3-c2cc(F)cc(F)c2)[C@@H](C)CN1C(=O)OC(C)(C)C. The Bertz CT molecular complexity index is 1280. The molecule has 3 aromatic rings. The maximum Gasteiger partial charge on any atom is 0.410 e. The highest BCUT2D eigenvalue weighted by Crippen LogP contribution is 2.39. The third-order valence-electron chi connectivity index (χ3n) is 6.75. The van der Waals surface area contributed by atoms with Gasteiger partial charge in [0.2, 0.25) is 0 Å². The van der Waals surface area contributed by atoms with Crippen LogP contribution in [-0.2, 0) is 4.74 Å². The molecule has 10 heteroatoms. The van der Waals surface area contributed by atoms with Crippen molar-refractivity contribution >= 4 is 28.6 Å². The van der Waals surface area contributed by atoms with Gasteiger partial charge in [0.15, 0.2) is 5.65 Å². The standard InChI is InChI=1S/C26H32F2N6O2/c1-16-13-33(25(35)36-26(3,4)5)17(2)12-32(16)23-22-21(31-7-6-8-31)14-34(24(22)30-15-29-23)20-10-18(27)9-19(28)11-20/h9-11,14-17H,6-8,12-13H2,1-5H3/t16-,17+/m0/s1. The molecular weight excluding hydrogens is 466 g/mol. The van der Waals surface area contributed by atoms with Gasteiger partial charge < -0.3 is 19.4 Å². The Kier molecular flexibility index (Phi) is 6.00. The van der Waals surface area contributed by atoms with E-state index in [4.69, 9.17) is 4.74 Å². The Morgan fingerprint density at radius 2 is 1.72 bits per heavy atom. The van der Waals surface area contributed by atoms with Crippen molar-refractivity contribution in [2.75, 3.05) is 36.0 Å². The molecule has 0 radical (unpaired) electrons. The molecule has 2 aliphatic heterocycles. The molecule has 2 atom stereocenters. The minimum absolute atomic E-state index is 0.0361. The number of carbonyl (C=O) groups excluding carboxylic acids is 1. The average molecular weight is 499 g/mol. The molecule has 4 heterocycles. The van der Waals surface area contributed by atoms with Crippen molar-refractivity contribution in [2.45, 2.75) is 58.7 Å². The predicted molar refractivity (Wildman–Crippen MR) is 135 cm³/mol. The van der Waals surface area contributed by atoms with Gasteiger partial charge in [-0.05, 0) is 53.2 Å². The van der Waals surface area contributed by atoms with E-state index in [-0.39, 0.29) is 18.2 Å². The fraction of sp³-hybridized carbons (Fsp3) is 0.500. The molecule has 8 nitrogen and oxygen atoms in total. The van der Waals surface area contributed by atoms with E-state index in [2.05, 4.69) is 26.7 Å². The molecule has 2 aromatic heterocycles. The fourth-order valence-electron chi connectivity index (χ4n) is 4.91. The number of carbonyl (C=O) groups is 1. The summed E-state index contributed by atoms with van der Waals surface area (Å²) in [6.45, 7) is 12.5. The predicted octanol–water partition coefficient (Wildman–Crippen LogP) is 4.74. The van der Waals surface area contributed by atoms with E-state index in [1.165, 1.54) is 18.5 Å². The summed E-state index contributed by atoms with van der Waals surface area (Å²) in [6, 6.07) is 3.32. The first kappa shape index (κ1) is 24.3. The van der Waals surface area contributed by atoms with Crippen molar-refractivity contribution in [3.63, 3.8) is 0 Å². The van der Waals surface area contributed by atoms with Gasteiger partial charge in [0.05, 0.1) is 16.8 Å². The number of hydrogen-bond donors (Lipinski definition) is 0. The van der Waals surface area contributed by atoms with Crippen LogP contribution >= 0.6 is 0 Å². The summed E-state index contributed by atoms with van der Waals surface area (Å²) in [6.07, 6.45) is 4.13. The van der Waals surface area contributed by atoms with Crippen LogP contribution in [0.25, 0.3) is 16.7 Å². The van der Waals surface area contributed by atoms with E-state index in [0.717, 1.165) is 42.5 Å². The highest BCUT2D eigenvalue weighted by atomic mass is 19.1. The van der Waals surface area contributed by atoms with E-state index in [0.29, 0.717) is 24.4 Å². The summed E-state index contributed by atoms with van der Waals surface area (Å²) in [4.78, 5) is 28.2. The van der Waals surface area contributed by atoms with E-state index in [1.54, 1.807) is 9.47 Å². The maximum atomic E-state index is 14.1. The first-order valence-corrected chi connectivity index (χ1v) is 12.4. The highest BCUT2D eigenvalue weighted by Gasteiger charge is 2.37. The van der Waals surface area contributed by atoms with Crippen molar-refractivity contribution in [1.29, 1.82) is 0 Å². The lowest BCUT2D eigenvalue weighted by Gasteiger charge is -2.45. The van der Waals surface area contributed by atoms with Crippen LogP contribution in [0.1, 0.15) is 41.0 Å². The molecule has 192 valence electrons. The van der Waals surface area contributed by atoms with Gasteiger partial charge in [0, 0.05) is 50.5 Å². The van der Waals surface area contributed by atoms with Gasteiger partial charge in [-0.3, -0.25) is 4.57 Å². The minimum Gasteiger partial charge on any atom is -0.444 e. The zero-order valence-corrected chi connectivity index (χ0v) is 21.3. The van der Waals surface area contributed by atoms with Gasteiger partial charge >= 0.3 is 6.09 Å². The number of amides is 1. The molecule has 2 saturated heterocycles. The molecule has 1 aromatic carbocycles. The summed E-state index contributed by atoms with van der Waals surface area (Å²) in [5, 5.41) is 0.839. The molecule has 0 N–H and O–H groups in total. The van der Waals surface area contributed by atoms with Crippen molar-refractivity contribution in [2.24, 2.45) is 0 Å². The number of benzene rings is 1. The topological polar surface area (TPSA) is 66.7 Å². The zero-order chi connectivity index (χ0) is 25.8. The minimum atomic E-state index is -0.646. The first-order chi connectivity index (χ1) is 17.0. The number of hydrogen-bond acceptors (Lipinski definition) is 6. The lowest BCUT2D eigenvalue weighted by atomic mass is 10.1. The largest absolute Gasteiger partial charge is 0.444 e. The van der Waals surface area contributed by atoms with E-state index in [1.807, 2.05) is 33.9 Å². The van der Waals surface area contributed by atoms with Crippen LogP contribution in [0.5, 0.6) is 0 Å². The summed E-state index contributed by atoms with van der Waals surface area (Å²) in [7, 11) is 0. The Hall–Kier alpha value is -3.43. The quantitative estimate of drug-likeness (QED) is 0.520. The number of ether oxygens (including phenoxy) is 1. The van der Waals surface area contributed by atoms with Gasteiger partial charge in [-0.25, -0.2) is 23.5 Å². The molecule has 36 heavy (non-hydrogen) atoms. The zero-order valence-electron chi connectivity index (χ0n) is 21.3. The van der Waals surface area contributed by atoms with E-state index < -0.39 is 17.2 Å². The number of piperazine rings is 1. The van der Waals surface area contributed by atoms with Gasteiger partial charge in [-0.2, -0.15) is 0 Å². The summed E-state index contributed by atoms with van der Waals surface area (Å²) in [5.74, 6) is -0.541. The number of nitrogens with zero attached hydrogens (tertiary/aromatic N) is 6. The second-order valence-corrected chi connectivity index (χ2v) is 10.7. The smallest absolute Gasteiger partial charge is 0.410 e. The molecule has 0 aliphatic carbocycles. The van der Waals surface area contributed by atoms with Gasteiger partial charge in [-0.15, -0.1) is 0 Å². The third-order valence-corrected chi connectivity index (χ3v) is 6.75. The number of halogens is 2.